The lowest BCUT2D eigenvalue weighted by molar-refractivity contribution is 0.477. The molecule has 116 valence electrons. The summed E-state index contributed by atoms with van der Waals surface area (Å²) in [6.45, 7) is 2.47. The van der Waals surface area contributed by atoms with Gasteiger partial charge in [0.1, 0.15) is 0 Å². The van der Waals surface area contributed by atoms with Crippen LogP contribution in [-0.2, 0) is 29.4 Å². The van der Waals surface area contributed by atoms with Gasteiger partial charge in [0.2, 0.25) is 10.0 Å². The average Bonchev–Trinajstić information content (AvgIpc) is 3.26. The second-order valence-corrected chi connectivity index (χ2v) is 8.20. The van der Waals surface area contributed by atoms with Crippen molar-refractivity contribution in [3.8, 4) is 0 Å². The van der Waals surface area contributed by atoms with Gasteiger partial charge in [-0.25, -0.2) is 13.1 Å². The van der Waals surface area contributed by atoms with E-state index in [1.54, 1.807) is 13.0 Å². The van der Waals surface area contributed by atoms with Crippen LogP contribution in [0.2, 0.25) is 0 Å². The molecule has 1 N–H and O–H groups in total. The SMILES string of the molecule is CCS(=O)(=O)N[C@@H]1CCc2c(ccc(=O)n2CC2CC2)C1. The van der Waals surface area contributed by atoms with Gasteiger partial charge in [-0.05, 0) is 50.5 Å². The van der Waals surface area contributed by atoms with E-state index in [9.17, 15) is 13.2 Å². The molecule has 0 unspecified atom stereocenters. The van der Waals surface area contributed by atoms with E-state index in [4.69, 9.17) is 0 Å². The molecule has 1 heterocycles. The predicted octanol–water partition coefficient (Wildman–Crippen LogP) is 1.05. The number of aromatic nitrogens is 1. The van der Waals surface area contributed by atoms with E-state index >= 15 is 0 Å². The first kappa shape index (κ1) is 14.8. The molecule has 5 nitrogen and oxygen atoms in total. The molecule has 3 rings (SSSR count). The van der Waals surface area contributed by atoms with Crippen molar-refractivity contribution >= 4 is 10.0 Å². The number of fused-ring (bicyclic) bond motifs is 1. The number of nitrogens with one attached hydrogen (secondary N) is 1. The predicted molar refractivity (Wildman–Crippen MR) is 81.8 cm³/mol. The fourth-order valence-corrected chi connectivity index (χ4v) is 3.90. The molecule has 0 amide bonds. The molecule has 6 heteroatoms. The van der Waals surface area contributed by atoms with E-state index in [-0.39, 0.29) is 17.4 Å². The first-order chi connectivity index (χ1) is 9.98. The molecule has 0 aliphatic heterocycles. The van der Waals surface area contributed by atoms with Gasteiger partial charge >= 0.3 is 0 Å². The Morgan fingerprint density at radius 3 is 2.71 bits per heavy atom. The van der Waals surface area contributed by atoms with Gasteiger partial charge in [0, 0.05) is 24.3 Å². The second-order valence-electron chi connectivity index (χ2n) is 6.16. The lowest BCUT2D eigenvalue weighted by Gasteiger charge is -2.27. The van der Waals surface area contributed by atoms with Gasteiger partial charge in [0.25, 0.3) is 5.56 Å². The molecule has 0 radical (unpaired) electrons. The Morgan fingerprint density at radius 2 is 2.05 bits per heavy atom. The van der Waals surface area contributed by atoms with Gasteiger partial charge < -0.3 is 4.57 Å². The van der Waals surface area contributed by atoms with Gasteiger partial charge in [-0.3, -0.25) is 4.79 Å². The standard InChI is InChI=1S/C15H22N2O3S/c1-2-21(19,20)16-13-6-7-14-12(9-13)5-8-15(18)17(14)10-11-3-4-11/h5,8,11,13,16H,2-4,6-7,9-10H2,1H3/t13-/m1/s1. The highest BCUT2D eigenvalue weighted by molar-refractivity contribution is 7.89. The van der Waals surface area contributed by atoms with Crippen molar-refractivity contribution in [3.63, 3.8) is 0 Å². The molecule has 1 aromatic rings. The second kappa shape index (κ2) is 5.57. The molecule has 0 bridgehead atoms. The highest BCUT2D eigenvalue weighted by Crippen LogP contribution is 2.31. The van der Waals surface area contributed by atoms with Crippen LogP contribution in [0.5, 0.6) is 0 Å². The summed E-state index contributed by atoms with van der Waals surface area (Å²) in [6, 6.07) is 3.44. The van der Waals surface area contributed by atoms with Crippen LogP contribution < -0.4 is 10.3 Å². The van der Waals surface area contributed by atoms with E-state index in [1.807, 2.05) is 10.6 Å². The van der Waals surface area contributed by atoms with Crippen molar-refractivity contribution in [3.05, 3.63) is 33.7 Å². The molecule has 1 saturated carbocycles. The molecule has 2 aliphatic rings. The van der Waals surface area contributed by atoms with E-state index < -0.39 is 10.0 Å². The van der Waals surface area contributed by atoms with Gasteiger partial charge in [0.05, 0.1) is 5.75 Å². The van der Waals surface area contributed by atoms with Crippen molar-refractivity contribution in [1.29, 1.82) is 0 Å². The lowest BCUT2D eigenvalue weighted by atomic mass is 9.92. The number of hydrogen-bond acceptors (Lipinski definition) is 3. The summed E-state index contributed by atoms with van der Waals surface area (Å²) >= 11 is 0. The molecular weight excluding hydrogens is 288 g/mol. The molecular formula is C15H22N2O3S. The third kappa shape index (κ3) is 3.37. The van der Waals surface area contributed by atoms with Crippen LogP contribution in [0.4, 0.5) is 0 Å². The quantitative estimate of drug-likeness (QED) is 0.884. The minimum absolute atomic E-state index is 0.0469. The summed E-state index contributed by atoms with van der Waals surface area (Å²) in [4.78, 5) is 12.1. The number of rotatable bonds is 5. The van der Waals surface area contributed by atoms with Gasteiger partial charge in [0.15, 0.2) is 0 Å². The zero-order valence-corrected chi connectivity index (χ0v) is 13.2. The molecule has 0 saturated heterocycles. The zero-order chi connectivity index (χ0) is 15.0. The van der Waals surface area contributed by atoms with Crippen LogP contribution in [-0.4, -0.2) is 24.8 Å². The van der Waals surface area contributed by atoms with E-state index in [2.05, 4.69) is 4.72 Å². The molecule has 1 aromatic heterocycles. The minimum atomic E-state index is -3.17. The first-order valence-electron chi connectivity index (χ1n) is 7.70. The monoisotopic (exact) mass is 310 g/mol. The molecule has 21 heavy (non-hydrogen) atoms. The van der Waals surface area contributed by atoms with Gasteiger partial charge in [-0.15, -0.1) is 0 Å². The highest BCUT2D eigenvalue weighted by Gasteiger charge is 2.27. The minimum Gasteiger partial charge on any atom is -0.312 e. The third-order valence-corrected chi connectivity index (χ3v) is 5.90. The summed E-state index contributed by atoms with van der Waals surface area (Å²) < 4.78 is 28.0. The third-order valence-electron chi connectivity index (χ3n) is 4.45. The number of hydrogen-bond donors (Lipinski definition) is 1. The van der Waals surface area contributed by atoms with E-state index in [1.165, 1.54) is 12.8 Å². The summed E-state index contributed by atoms with van der Waals surface area (Å²) in [7, 11) is -3.17. The zero-order valence-electron chi connectivity index (χ0n) is 12.3. The number of sulfonamides is 1. The Morgan fingerprint density at radius 1 is 1.29 bits per heavy atom. The van der Waals surface area contributed by atoms with Gasteiger partial charge in [-0.2, -0.15) is 0 Å². The van der Waals surface area contributed by atoms with E-state index in [0.717, 1.165) is 30.6 Å². The fourth-order valence-electron chi connectivity index (χ4n) is 3.02. The van der Waals surface area contributed by atoms with Crippen LogP contribution >= 0.6 is 0 Å². The van der Waals surface area contributed by atoms with Crippen LogP contribution in [0, 0.1) is 5.92 Å². The summed E-state index contributed by atoms with van der Waals surface area (Å²) in [6.07, 6.45) is 4.65. The summed E-state index contributed by atoms with van der Waals surface area (Å²) in [5.41, 5.74) is 2.31. The number of pyridine rings is 1. The molecule has 1 atom stereocenters. The van der Waals surface area contributed by atoms with E-state index in [0.29, 0.717) is 12.3 Å². The maximum atomic E-state index is 12.1. The first-order valence-corrected chi connectivity index (χ1v) is 9.35. The van der Waals surface area contributed by atoms with Crippen LogP contribution in [0.1, 0.15) is 37.4 Å². The van der Waals surface area contributed by atoms with Crippen molar-refractivity contribution < 1.29 is 8.42 Å². The normalized spacial score (nSPS) is 22.0. The average molecular weight is 310 g/mol. The maximum absolute atomic E-state index is 12.1. The topological polar surface area (TPSA) is 68.2 Å². The Labute approximate surface area is 125 Å². The Bertz CT molecular complexity index is 689. The van der Waals surface area contributed by atoms with Crippen molar-refractivity contribution in [2.24, 2.45) is 5.92 Å². The Hall–Kier alpha value is -1.14. The highest BCUT2D eigenvalue weighted by atomic mass is 32.2. The number of nitrogens with zero attached hydrogens (tertiary/aromatic N) is 1. The lowest BCUT2D eigenvalue weighted by Crippen LogP contribution is -2.41. The maximum Gasteiger partial charge on any atom is 0.250 e. The molecule has 0 aromatic carbocycles. The fraction of sp³-hybridized carbons (Fsp3) is 0.667. The van der Waals surface area contributed by atoms with Crippen LogP contribution in [0.25, 0.3) is 0 Å². The van der Waals surface area contributed by atoms with Gasteiger partial charge in [-0.1, -0.05) is 6.07 Å². The smallest absolute Gasteiger partial charge is 0.250 e. The Balaban J connectivity index is 1.82. The van der Waals surface area contributed by atoms with Crippen LogP contribution in [0.3, 0.4) is 0 Å². The molecule has 2 aliphatic carbocycles. The van der Waals surface area contributed by atoms with Crippen molar-refractivity contribution in [1.82, 2.24) is 9.29 Å². The molecule has 1 fully saturated rings. The Kier molecular flexibility index (Phi) is 3.92. The summed E-state index contributed by atoms with van der Waals surface area (Å²) in [5, 5.41) is 0. The van der Waals surface area contributed by atoms with Crippen LogP contribution in [0.15, 0.2) is 16.9 Å². The van der Waals surface area contributed by atoms with Crippen molar-refractivity contribution in [2.45, 2.75) is 51.6 Å². The largest absolute Gasteiger partial charge is 0.312 e. The molecule has 0 spiro atoms. The summed E-state index contributed by atoms with van der Waals surface area (Å²) in [5.74, 6) is 0.767. The van der Waals surface area contributed by atoms with Crippen molar-refractivity contribution in [2.75, 3.05) is 5.75 Å².